The minimum Gasteiger partial charge on any atom is -0.495 e. The predicted molar refractivity (Wildman–Crippen MR) is 117 cm³/mol. The highest BCUT2D eigenvalue weighted by molar-refractivity contribution is 7.80. The first-order valence-corrected chi connectivity index (χ1v) is 9.48. The van der Waals surface area contributed by atoms with Gasteiger partial charge in [0, 0.05) is 17.7 Å². The topological polar surface area (TPSA) is 106 Å². The molecule has 3 N–H and O–H groups in total. The second-order valence-corrected chi connectivity index (χ2v) is 8.33. The van der Waals surface area contributed by atoms with Crippen molar-refractivity contribution in [3.05, 3.63) is 64.2 Å². The molecular formula is C17H15Cl3N4O4S. The van der Waals surface area contributed by atoms with Gasteiger partial charge in [0.15, 0.2) is 5.11 Å². The number of rotatable bonds is 6. The zero-order valence-corrected chi connectivity index (χ0v) is 17.9. The molecule has 0 unspecified atom stereocenters. The van der Waals surface area contributed by atoms with E-state index in [2.05, 4.69) is 16.0 Å². The Morgan fingerprint density at radius 2 is 1.83 bits per heavy atom. The minimum atomic E-state index is -1.96. The normalized spacial score (nSPS) is 11.9. The van der Waals surface area contributed by atoms with Crippen LogP contribution in [-0.4, -0.2) is 33.0 Å². The van der Waals surface area contributed by atoms with Gasteiger partial charge in [-0.2, -0.15) is 0 Å². The first kappa shape index (κ1) is 23.0. The molecule has 1 atom stereocenters. The Morgan fingerprint density at radius 3 is 2.38 bits per heavy atom. The summed E-state index contributed by atoms with van der Waals surface area (Å²) in [5, 5.41) is 18.9. The van der Waals surface area contributed by atoms with Crippen LogP contribution in [0.3, 0.4) is 0 Å². The number of non-ortho nitro benzene ring substituents is 1. The van der Waals surface area contributed by atoms with Crippen LogP contribution in [0.25, 0.3) is 0 Å². The van der Waals surface area contributed by atoms with Crippen LogP contribution >= 0.6 is 47.0 Å². The van der Waals surface area contributed by atoms with Gasteiger partial charge in [0.25, 0.3) is 11.6 Å². The zero-order chi connectivity index (χ0) is 21.6. The maximum atomic E-state index is 12.4. The van der Waals surface area contributed by atoms with Gasteiger partial charge in [-0.05, 0) is 30.4 Å². The summed E-state index contributed by atoms with van der Waals surface area (Å²) in [5.41, 5.74) is 0.399. The molecule has 0 bridgehead atoms. The van der Waals surface area contributed by atoms with Gasteiger partial charge in [-0.25, -0.2) is 0 Å². The Morgan fingerprint density at radius 1 is 1.17 bits per heavy atom. The lowest BCUT2D eigenvalue weighted by Crippen LogP contribution is -2.56. The number of nitrogens with one attached hydrogen (secondary N) is 3. The zero-order valence-electron chi connectivity index (χ0n) is 14.8. The van der Waals surface area contributed by atoms with Gasteiger partial charge >= 0.3 is 0 Å². The molecule has 29 heavy (non-hydrogen) atoms. The predicted octanol–water partition coefficient (Wildman–Crippen LogP) is 4.02. The molecule has 0 radical (unpaired) electrons. The lowest BCUT2D eigenvalue weighted by molar-refractivity contribution is -0.384. The second-order valence-electron chi connectivity index (χ2n) is 5.55. The maximum absolute atomic E-state index is 12.4. The molecule has 0 fully saturated rings. The van der Waals surface area contributed by atoms with E-state index in [1.165, 1.54) is 25.3 Å². The number of methoxy groups -OCH3 is 1. The Bertz CT molecular complexity index is 909. The molecule has 154 valence electrons. The number of ether oxygens (including phenoxy) is 1. The van der Waals surface area contributed by atoms with Crippen LogP contribution in [0.5, 0.6) is 5.75 Å². The highest BCUT2D eigenvalue weighted by Gasteiger charge is 2.35. The molecule has 0 saturated heterocycles. The summed E-state index contributed by atoms with van der Waals surface area (Å²) in [6.45, 7) is 0. The third-order valence-electron chi connectivity index (χ3n) is 3.56. The summed E-state index contributed by atoms with van der Waals surface area (Å²) in [5.74, 6) is -0.191. The number of nitrogens with zero attached hydrogens (tertiary/aromatic N) is 1. The molecule has 0 heterocycles. The minimum absolute atomic E-state index is 0.0616. The number of amides is 1. The number of nitro groups is 1. The number of benzene rings is 2. The van der Waals surface area contributed by atoms with Crippen LogP contribution in [0.15, 0.2) is 48.5 Å². The van der Waals surface area contributed by atoms with Crippen molar-refractivity contribution < 1.29 is 14.5 Å². The summed E-state index contributed by atoms with van der Waals surface area (Å²) in [6.07, 6.45) is -1.20. The molecule has 0 spiro atoms. The van der Waals surface area contributed by atoms with Crippen LogP contribution in [0.4, 0.5) is 11.4 Å². The highest BCUT2D eigenvalue weighted by Crippen LogP contribution is 2.31. The Kier molecular flexibility index (Phi) is 7.86. The van der Waals surface area contributed by atoms with Crippen molar-refractivity contribution in [2.24, 2.45) is 0 Å². The van der Waals surface area contributed by atoms with Crippen LogP contribution in [0.2, 0.25) is 0 Å². The molecule has 12 heteroatoms. The molecule has 0 aliphatic heterocycles. The molecule has 0 saturated carbocycles. The van der Waals surface area contributed by atoms with Gasteiger partial charge in [-0.15, -0.1) is 0 Å². The molecule has 2 aromatic carbocycles. The van der Waals surface area contributed by atoms with Gasteiger partial charge in [0.2, 0.25) is 3.79 Å². The van der Waals surface area contributed by atoms with E-state index >= 15 is 0 Å². The van der Waals surface area contributed by atoms with Crippen molar-refractivity contribution in [3.63, 3.8) is 0 Å². The van der Waals surface area contributed by atoms with E-state index in [0.29, 0.717) is 11.3 Å². The maximum Gasteiger partial charge on any atom is 0.271 e. The van der Waals surface area contributed by atoms with Crippen molar-refractivity contribution in [3.8, 4) is 5.75 Å². The fraction of sp³-hybridized carbons (Fsp3) is 0.176. The number of alkyl halides is 3. The van der Waals surface area contributed by atoms with Crippen LogP contribution in [0, 0.1) is 10.1 Å². The fourth-order valence-electron chi connectivity index (χ4n) is 2.20. The van der Waals surface area contributed by atoms with E-state index in [4.69, 9.17) is 51.8 Å². The largest absolute Gasteiger partial charge is 0.495 e. The average Bonchev–Trinajstić information content (AvgIpc) is 2.67. The number of hydrogen-bond donors (Lipinski definition) is 3. The molecule has 1 amide bonds. The highest BCUT2D eigenvalue weighted by atomic mass is 35.6. The first-order chi connectivity index (χ1) is 13.6. The smallest absolute Gasteiger partial charge is 0.271 e. The SMILES string of the molecule is COc1ccc([N+](=O)[O-])cc1NC(=S)N[C@@H](NC(=O)c1ccccc1)C(Cl)(Cl)Cl. The van der Waals surface area contributed by atoms with Crippen LogP contribution in [0.1, 0.15) is 10.4 Å². The van der Waals surface area contributed by atoms with Gasteiger partial charge in [-0.3, -0.25) is 14.9 Å². The Labute approximate surface area is 186 Å². The number of anilines is 1. The first-order valence-electron chi connectivity index (χ1n) is 7.94. The lowest BCUT2D eigenvalue weighted by Gasteiger charge is -2.28. The van der Waals surface area contributed by atoms with Gasteiger partial charge in [0.05, 0.1) is 17.7 Å². The Hall–Kier alpha value is -2.33. The Balaban J connectivity index is 2.16. The van der Waals surface area contributed by atoms with Gasteiger partial charge in [-0.1, -0.05) is 53.0 Å². The number of halogens is 3. The third kappa shape index (κ3) is 6.60. The van der Waals surface area contributed by atoms with Crippen molar-refractivity contribution >= 4 is 69.4 Å². The van der Waals surface area contributed by atoms with Gasteiger partial charge in [0.1, 0.15) is 11.9 Å². The number of hydrogen-bond acceptors (Lipinski definition) is 5. The lowest BCUT2D eigenvalue weighted by atomic mass is 10.2. The summed E-state index contributed by atoms with van der Waals surface area (Å²) in [7, 11) is 1.40. The molecule has 8 nitrogen and oxygen atoms in total. The van der Waals surface area contributed by atoms with Crippen molar-refractivity contribution in [1.29, 1.82) is 0 Å². The quantitative estimate of drug-likeness (QED) is 0.190. The van der Waals surface area contributed by atoms with Crippen LogP contribution in [-0.2, 0) is 0 Å². The monoisotopic (exact) mass is 476 g/mol. The number of thiocarbonyl (C=S) groups is 1. The molecule has 2 aromatic rings. The van der Waals surface area contributed by atoms with Crippen LogP contribution < -0.4 is 20.7 Å². The van der Waals surface area contributed by atoms with Crippen molar-refractivity contribution in [1.82, 2.24) is 10.6 Å². The summed E-state index contributed by atoms with van der Waals surface area (Å²) < 4.78 is 3.20. The second kappa shape index (κ2) is 9.93. The van der Waals surface area contributed by atoms with E-state index in [1.807, 2.05) is 0 Å². The molecule has 2 rings (SSSR count). The van der Waals surface area contributed by atoms with E-state index in [1.54, 1.807) is 30.3 Å². The van der Waals surface area contributed by atoms with Crippen molar-refractivity contribution in [2.75, 3.05) is 12.4 Å². The fourth-order valence-corrected chi connectivity index (χ4v) is 2.76. The molecular weight excluding hydrogens is 463 g/mol. The summed E-state index contributed by atoms with van der Waals surface area (Å²) >= 11 is 23.1. The van der Waals surface area contributed by atoms with E-state index < -0.39 is 20.8 Å². The third-order valence-corrected chi connectivity index (χ3v) is 4.43. The number of carbonyl (C=O) groups is 1. The molecule has 0 aliphatic carbocycles. The molecule has 0 aliphatic rings. The number of carbonyl (C=O) groups excluding carboxylic acids is 1. The summed E-state index contributed by atoms with van der Waals surface area (Å²) in [6, 6.07) is 12.2. The van der Waals surface area contributed by atoms with Gasteiger partial charge < -0.3 is 20.7 Å². The number of nitro benzene ring substituents is 1. The molecule has 0 aromatic heterocycles. The van der Waals surface area contributed by atoms with E-state index in [0.717, 1.165) is 0 Å². The standard InChI is InChI=1S/C17H15Cl3N4O4S/c1-28-13-8-7-11(24(26)27)9-12(13)21-16(29)23-15(17(18,19)20)22-14(25)10-5-3-2-4-6-10/h2-9,15H,1H3,(H,22,25)(H2,21,23,29)/t15-/m1/s1. The van der Waals surface area contributed by atoms with E-state index in [9.17, 15) is 14.9 Å². The average molecular weight is 478 g/mol. The summed E-state index contributed by atoms with van der Waals surface area (Å²) in [4.78, 5) is 22.8. The van der Waals surface area contributed by atoms with E-state index in [-0.39, 0.29) is 16.5 Å². The van der Waals surface area contributed by atoms with Crippen molar-refractivity contribution in [2.45, 2.75) is 9.96 Å².